The van der Waals surface area contributed by atoms with Gasteiger partial charge in [0.25, 0.3) is 11.8 Å². The number of nitrogens with one attached hydrogen (secondary N) is 2. The number of hydrogen-bond donors (Lipinski definition) is 3. The van der Waals surface area contributed by atoms with Crippen LogP contribution in [0.15, 0.2) is 48.5 Å². The zero-order valence-corrected chi connectivity index (χ0v) is 19.9. The minimum absolute atomic E-state index is 0.0534. The van der Waals surface area contributed by atoms with E-state index in [1.807, 2.05) is 44.2 Å². The summed E-state index contributed by atoms with van der Waals surface area (Å²) in [5.41, 5.74) is 0.760. The number of halogens is 1. The molecule has 2 rings (SSSR count). The Morgan fingerprint density at radius 3 is 2.33 bits per heavy atom. The van der Waals surface area contributed by atoms with Crippen LogP contribution in [0.3, 0.4) is 0 Å². The highest BCUT2D eigenvalue weighted by Gasteiger charge is 2.30. The molecule has 0 saturated carbocycles. The molecule has 178 valence electrons. The van der Waals surface area contributed by atoms with Crippen molar-refractivity contribution in [3.05, 3.63) is 64.7 Å². The predicted octanol–water partition coefficient (Wildman–Crippen LogP) is 2.94. The molecule has 0 aliphatic heterocycles. The Hall–Kier alpha value is -3.10. The molecular formula is C24H30ClN3O5. The van der Waals surface area contributed by atoms with E-state index in [9.17, 15) is 19.5 Å². The van der Waals surface area contributed by atoms with Gasteiger partial charge >= 0.3 is 0 Å². The van der Waals surface area contributed by atoms with Crippen molar-refractivity contribution in [3.63, 3.8) is 0 Å². The Balaban J connectivity index is 2.29. The standard InChI is InChI=1S/C24H30ClN3O5/c1-15(2)12-20(24(32)28(3)33-4)27-23(31)19(13-16-8-6-5-7-9-16)26-22(30)18-14-17(25)10-11-21(18)29/h5-11,14-15,19-20,29H,12-13H2,1-4H3,(H,26,30)(H,27,31)/t19-,20-/m0/s1. The van der Waals surface area contributed by atoms with E-state index in [-0.39, 0.29) is 28.7 Å². The van der Waals surface area contributed by atoms with E-state index in [0.717, 1.165) is 10.6 Å². The molecule has 0 aromatic heterocycles. The minimum Gasteiger partial charge on any atom is -0.507 e. The summed E-state index contributed by atoms with van der Waals surface area (Å²) in [6.45, 7) is 3.87. The van der Waals surface area contributed by atoms with Gasteiger partial charge in [-0.2, -0.15) is 0 Å². The van der Waals surface area contributed by atoms with Gasteiger partial charge in [0.1, 0.15) is 17.8 Å². The molecule has 0 spiro atoms. The van der Waals surface area contributed by atoms with Crippen molar-refractivity contribution in [2.45, 2.75) is 38.8 Å². The van der Waals surface area contributed by atoms with Crippen molar-refractivity contribution < 1.29 is 24.3 Å². The smallest absolute Gasteiger partial charge is 0.268 e. The number of nitrogens with zero attached hydrogens (tertiary/aromatic N) is 1. The monoisotopic (exact) mass is 475 g/mol. The Morgan fingerprint density at radius 1 is 1.06 bits per heavy atom. The van der Waals surface area contributed by atoms with Crippen molar-refractivity contribution in [1.82, 2.24) is 15.7 Å². The van der Waals surface area contributed by atoms with Crippen LogP contribution < -0.4 is 10.6 Å². The highest BCUT2D eigenvalue weighted by molar-refractivity contribution is 6.31. The number of hydroxylamine groups is 2. The van der Waals surface area contributed by atoms with Crippen LogP contribution in [0.5, 0.6) is 5.75 Å². The predicted molar refractivity (Wildman–Crippen MR) is 126 cm³/mol. The largest absolute Gasteiger partial charge is 0.507 e. The average molecular weight is 476 g/mol. The van der Waals surface area contributed by atoms with Crippen molar-refractivity contribution in [2.75, 3.05) is 14.2 Å². The summed E-state index contributed by atoms with van der Waals surface area (Å²) in [4.78, 5) is 43.8. The van der Waals surface area contributed by atoms with E-state index in [1.54, 1.807) is 0 Å². The summed E-state index contributed by atoms with van der Waals surface area (Å²) in [6, 6.07) is 11.4. The maximum Gasteiger partial charge on any atom is 0.268 e. The third-order valence-corrected chi connectivity index (χ3v) is 5.25. The van der Waals surface area contributed by atoms with E-state index in [4.69, 9.17) is 16.4 Å². The summed E-state index contributed by atoms with van der Waals surface area (Å²) in [7, 11) is 2.83. The molecule has 3 amide bonds. The molecule has 0 aliphatic carbocycles. The number of hydrogen-bond acceptors (Lipinski definition) is 5. The molecule has 0 aliphatic rings. The van der Waals surface area contributed by atoms with Gasteiger partial charge in [-0.05, 0) is 36.1 Å². The lowest BCUT2D eigenvalue weighted by atomic mass is 10.0. The molecule has 0 bridgehead atoms. The number of phenolic OH excluding ortho intramolecular Hbond substituents is 1. The van der Waals surface area contributed by atoms with Gasteiger partial charge in [0.2, 0.25) is 5.91 Å². The summed E-state index contributed by atoms with van der Waals surface area (Å²) in [6.07, 6.45) is 0.571. The summed E-state index contributed by atoms with van der Waals surface area (Å²) < 4.78 is 0. The van der Waals surface area contributed by atoms with Crippen LogP contribution in [0.25, 0.3) is 0 Å². The van der Waals surface area contributed by atoms with E-state index in [2.05, 4.69) is 10.6 Å². The molecule has 0 heterocycles. The van der Waals surface area contributed by atoms with Crippen LogP contribution in [-0.2, 0) is 20.8 Å². The van der Waals surface area contributed by atoms with Gasteiger partial charge in [-0.15, -0.1) is 0 Å². The average Bonchev–Trinajstić information content (AvgIpc) is 2.78. The molecule has 33 heavy (non-hydrogen) atoms. The van der Waals surface area contributed by atoms with Crippen LogP contribution in [-0.4, -0.2) is 54.1 Å². The van der Waals surface area contributed by atoms with Gasteiger partial charge in [0, 0.05) is 18.5 Å². The number of likely N-dealkylation sites (N-methyl/N-ethyl adjacent to an activating group) is 1. The van der Waals surface area contributed by atoms with Crippen LogP contribution in [0.1, 0.15) is 36.2 Å². The zero-order valence-electron chi connectivity index (χ0n) is 19.2. The van der Waals surface area contributed by atoms with Crippen molar-refractivity contribution in [1.29, 1.82) is 0 Å². The Bertz CT molecular complexity index is 968. The van der Waals surface area contributed by atoms with E-state index in [0.29, 0.717) is 6.42 Å². The lowest BCUT2D eigenvalue weighted by molar-refractivity contribution is -0.172. The normalized spacial score (nSPS) is 12.7. The van der Waals surface area contributed by atoms with Crippen molar-refractivity contribution in [3.8, 4) is 5.75 Å². The molecule has 0 fully saturated rings. The second-order valence-electron chi connectivity index (χ2n) is 8.09. The van der Waals surface area contributed by atoms with Gasteiger partial charge in [-0.3, -0.25) is 19.2 Å². The van der Waals surface area contributed by atoms with Gasteiger partial charge in [0.15, 0.2) is 0 Å². The highest BCUT2D eigenvalue weighted by Crippen LogP contribution is 2.21. The van der Waals surface area contributed by atoms with Crippen LogP contribution >= 0.6 is 11.6 Å². The Kier molecular flexibility index (Phi) is 9.69. The summed E-state index contributed by atoms with van der Waals surface area (Å²) >= 11 is 5.96. The molecule has 0 radical (unpaired) electrons. The van der Waals surface area contributed by atoms with E-state index < -0.39 is 29.8 Å². The first-order valence-electron chi connectivity index (χ1n) is 10.6. The summed E-state index contributed by atoms with van der Waals surface area (Å²) in [5, 5.41) is 16.8. The molecule has 2 aromatic carbocycles. The first-order valence-corrected chi connectivity index (χ1v) is 11.0. The second kappa shape index (κ2) is 12.2. The highest BCUT2D eigenvalue weighted by atomic mass is 35.5. The van der Waals surface area contributed by atoms with E-state index >= 15 is 0 Å². The minimum atomic E-state index is -1.01. The van der Waals surface area contributed by atoms with Crippen molar-refractivity contribution in [2.24, 2.45) is 5.92 Å². The molecule has 2 aromatic rings. The number of benzene rings is 2. The molecular weight excluding hydrogens is 446 g/mol. The summed E-state index contributed by atoms with van der Waals surface area (Å²) in [5.74, 6) is -1.73. The topological polar surface area (TPSA) is 108 Å². The number of phenols is 1. The van der Waals surface area contributed by atoms with Crippen LogP contribution in [0.4, 0.5) is 0 Å². The van der Waals surface area contributed by atoms with Crippen molar-refractivity contribution >= 4 is 29.3 Å². The fraction of sp³-hybridized carbons (Fsp3) is 0.375. The number of carbonyl (C=O) groups excluding carboxylic acids is 3. The fourth-order valence-electron chi connectivity index (χ4n) is 3.26. The third kappa shape index (κ3) is 7.76. The number of rotatable bonds is 10. The van der Waals surface area contributed by atoms with Gasteiger partial charge in [0.05, 0.1) is 12.7 Å². The quantitative estimate of drug-likeness (QED) is 0.458. The molecule has 0 saturated heterocycles. The molecule has 3 N–H and O–H groups in total. The van der Waals surface area contributed by atoms with Gasteiger partial charge in [-0.25, -0.2) is 5.06 Å². The van der Waals surface area contributed by atoms with Gasteiger partial charge in [-0.1, -0.05) is 55.8 Å². The lowest BCUT2D eigenvalue weighted by Gasteiger charge is -2.26. The first kappa shape index (κ1) is 26.2. The Morgan fingerprint density at radius 2 is 1.73 bits per heavy atom. The fourth-order valence-corrected chi connectivity index (χ4v) is 3.43. The molecule has 2 atom stereocenters. The zero-order chi connectivity index (χ0) is 24.5. The van der Waals surface area contributed by atoms with Crippen LogP contribution in [0.2, 0.25) is 5.02 Å². The number of carbonyl (C=O) groups is 3. The third-order valence-electron chi connectivity index (χ3n) is 5.01. The maximum absolute atomic E-state index is 13.2. The first-order chi connectivity index (χ1) is 15.6. The second-order valence-corrected chi connectivity index (χ2v) is 8.52. The van der Waals surface area contributed by atoms with Crippen LogP contribution in [0, 0.1) is 5.92 Å². The van der Waals surface area contributed by atoms with Gasteiger partial charge < -0.3 is 15.7 Å². The molecule has 8 nitrogen and oxygen atoms in total. The molecule has 9 heteroatoms. The molecule has 0 unspecified atom stereocenters. The maximum atomic E-state index is 13.2. The lowest BCUT2D eigenvalue weighted by Crippen LogP contribution is -2.54. The van der Waals surface area contributed by atoms with E-state index in [1.165, 1.54) is 32.4 Å². The Labute approximate surface area is 198 Å². The SMILES string of the molecule is CON(C)C(=O)[C@H](CC(C)C)NC(=O)[C@H](Cc1ccccc1)NC(=O)c1cc(Cl)ccc1O. The number of aromatic hydroxyl groups is 1. The number of amides is 3.